The molecule has 0 aliphatic carbocycles. The molecule has 0 radical (unpaired) electrons. The summed E-state index contributed by atoms with van der Waals surface area (Å²) in [6.45, 7) is 7.32. The summed E-state index contributed by atoms with van der Waals surface area (Å²) in [4.78, 5) is 4.84. The average Bonchev–Trinajstić information content (AvgIpc) is 3.54. The lowest BCUT2D eigenvalue weighted by atomic mass is 9.92. The van der Waals surface area contributed by atoms with E-state index in [9.17, 15) is 4.39 Å². The van der Waals surface area contributed by atoms with Crippen LogP contribution < -0.4 is 4.90 Å². The van der Waals surface area contributed by atoms with Gasteiger partial charge in [-0.15, -0.1) is 0 Å². The van der Waals surface area contributed by atoms with Crippen LogP contribution in [0.5, 0.6) is 0 Å². The van der Waals surface area contributed by atoms with Crippen LogP contribution in [0.1, 0.15) is 30.0 Å². The van der Waals surface area contributed by atoms with Crippen molar-refractivity contribution in [1.82, 2.24) is 4.90 Å². The van der Waals surface area contributed by atoms with E-state index < -0.39 is 0 Å². The van der Waals surface area contributed by atoms with Crippen LogP contribution in [-0.4, -0.2) is 55.4 Å². The lowest BCUT2D eigenvalue weighted by Crippen LogP contribution is -2.63. The number of rotatable bonds is 12. The molecular weight excluding hydrogens is 551 g/mol. The topological polar surface area (TPSA) is 34.2 Å². The predicted octanol–water partition coefficient (Wildman–Crippen LogP) is 7.11. The van der Waals surface area contributed by atoms with Crippen molar-refractivity contribution in [3.63, 3.8) is 0 Å². The minimum absolute atomic E-state index is 0.124. The van der Waals surface area contributed by atoms with Crippen LogP contribution in [-0.2, 0) is 34.0 Å². The number of likely N-dealkylation sites (tertiary alicyclic amines) is 1. The quantitative estimate of drug-likeness (QED) is 0.175. The zero-order valence-corrected chi connectivity index (χ0v) is 25.5. The first kappa shape index (κ1) is 30.5. The normalized spacial score (nSPS) is 24.0. The van der Waals surface area contributed by atoms with E-state index in [1.54, 1.807) is 12.1 Å². The highest BCUT2D eigenvalue weighted by atomic mass is 19.1. The number of ether oxygens (including phenoxy) is 3. The van der Waals surface area contributed by atoms with Gasteiger partial charge in [-0.05, 0) is 54.2 Å². The molecule has 2 fully saturated rings. The van der Waals surface area contributed by atoms with E-state index >= 15 is 0 Å². The second kappa shape index (κ2) is 15.0. The van der Waals surface area contributed by atoms with Crippen LogP contribution in [0.3, 0.4) is 0 Å². The fourth-order valence-electron chi connectivity index (χ4n) is 6.55. The molecule has 44 heavy (non-hydrogen) atoms. The Labute approximate surface area is 261 Å². The average molecular weight is 595 g/mol. The molecule has 0 saturated carbocycles. The van der Waals surface area contributed by atoms with Gasteiger partial charge in [-0.2, -0.15) is 0 Å². The number of benzene rings is 4. The molecule has 0 bridgehead atoms. The maximum absolute atomic E-state index is 14.0. The molecule has 4 aromatic rings. The van der Waals surface area contributed by atoms with Crippen molar-refractivity contribution in [2.24, 2.45) is 5.92 Å². The van der Waals surface area contributed by atoms with Gasteiger partial charge >= 0.3 is 0 Å². The Kier molecular flexibility index (Phi) is 10.4. The second-order valence-corrected chi connectivity index (χ2v) is 12.1. The van der Waals surface area contributed by atoms with Crippen molar-refractivity contribution >= 4 is 5.69 Å². The SMILES string of the molecule is C[C@@H]1[C@@H](OCc2ccccc2)[C@H](OCc2ccccc2)[C@@H](OCc2ccccc2)CN1C[C@H]1CCN(c2cccc(F)c2)C1. The van der Waals surface area contributed by atoms with Crippen LogP contribution in [0.15, 0.2) is 115 Å². The first-order valence-corrected chi connectivity index (χ1v) is 15.8. The maximum Gasteiger partial charge on any atom is 0.125 e. The molecule has 2 heterocycles. The number of hydrogen-bond acceptors (Lipinski definition) is 5. The summed E-state index contributed by atoms with van der Waals surface area (Å²) in [5.74, 6) is 0.279. The first-order valence-electron chi connectivity index (χ1n) is 15.8. The van der Waals surface area contributed by atoms with Crippen molar-refractivity contribution in [3.05, 3.63) is 138 Å². The van der Waals surface area contributed by atoms with E-state index in [-0.39, 0.29) is 30.2 Å². The third-order valence-corrected chi connectivity index (χ3v) is 8.99. The van der Waals surface area contributed by atoms with Gasteiger partial charge in [-0.3, -0.25) is 4.90 Å². The summed E-state index contributed by atoms with van der Waals surface area (Å²) in [7, 11) is 0. The van der Waals surface area contributed by atoms with Gasteiger partial charge in [-0.25, -0.2) is 4.39 Å². The lowest BCUT2D eigenvalue weighted by molar-refractivity contribution is -0.201. The van der Waals surface area contributed by atoms with E-state index in [0.29, 0.717) is 25.7 Å². The van der Waals surface area contributed by atoms with Gasteiger partial charge < -0.3 is 19.1 Å². The molecule has 4 aromatic carbocycles. The number of anilines is 1. The first-order chi connectivity index (χ1) is 21.6. The number of nitrogens with zero attached hydrogens (tertiary/aromatic N) is 2. The molecule has 2 saturated heterocycles. The second-order valence-electron chi connectivity index (χ2n) is 12.1. The van der Waals surface area contributed by atoms with Crippen LogP contribution >= 0.6 is 0 Å². The molecule has 0 spiro atoms. The number of halogens is 1. The van der Waals surface area contributed by atoms with Crippen LogP contribution in [0.2, 0.25) is 0 Å². The van der Waals surface area contributed by atoms with Gasteiger partial charge in [0.25, 0.3) is 0 Å². The standard InChI is InChI=1S/C38H43FN2O3/c1-29-37(43-27-31-14-7-3-8-15-31)38(44-28-32-16-9-4-10-17-32)36(42-26-30-12-5-2-6-13-30)25-41(29)24-33-20-21-40(23-33)35-19-11-18-34(39)22-35/h2-19,22,29,33,36-38H,20-21,23-28H2,1H3/t29-,33+,36+,37-,38-/m1/s1. The molecule has 0 amide bonds. The van der Waals surface area contributed by atoms with Crippen molar-refractivity contribution < 1.29 is 18.6 Å². The molecule has 0 aromatic heterocycles. The molecule has 230 valence electrons. The molecule has 0 N–H and O–H groups in total. The minimum atomic E-state index is -0.235. The summed E-state index contributed by atoms with van der Waals surface area (Å²) in [5.41, 5.74) is 4.38. The van der Waals surface area contributed by atoms with Gasteiger partial charge in [0.1, 0.15) is 18.0 Å². The monoisotopic (exact) mass is 594 g/mol. The van der Waals surface area contributed by atoms with E-state index in [2.05, 4.69) is 65.3 Å². The molecule has 0 unspecified atom stereocenters. The summed E-state index contributed by atoms with van der Waals surface area (Å²) < 4.78 is 34.1. The van der Waals surface area contributed by atoms with Crippen molar-refractivity contribution in [3.8, 4) is 0 Å². The number of hydrogen-bond donors (Lipinski definition) is 0. The minimum Gasteiger partial charge on any atom is -0.371 e. The third kappa shape index (κ3) is 7.93. The highest BCUT2D eigenvalue weighted by molar-refractivity contribution is 5.47. The van der Waals surface area contributed by atoms with Crippen LogP contribution in [0.25, 0.3) is 0 Å². The van der Waals surface area contributed by atoms with E-state index in [1.807, 2.05) is 48.5 Å². The van der Waals surface area contributed by atoms with Gasteiger partial charge in [0.15, 0.2) is 0 Å². The predicted molar refractivity (Wildman–Crippen MR) is 173 cm³/mol. The highest BCUT2D eigenvalue weighted by Crippen LogP contribution is 2.31. The molecule has 2 aliphatic rings. The van der Waals surface area contributed by atoms with E-state index in [4.69, 9.17) is 14.2 Å². The Hall–Kier alpha value is -3.55. The third-order valence-electron chi connectivity index (χ3n) is 8.99. The molecule has 6 rings (SSSR count). The van der Waals surface area contributed by atoms with Crippen molar-refractivity contribution in [1.29, 1.82) is 0 Å². The lowest BCUT2D eigenvalue weighted by Gasteiger charge is -2.48. The van der Waals surface area contributed by atoms with Crippen molar-refractivity contribution in [2.75, 3.05) is 31.1 Å². The van der Waals surface area contributed by atoms with Gasteiger partial charge in [-0.1, -0.05) is 97.1 Å². The smallest absolute Gasteiger partial charge is 0.125 e. The molecule has 2 aliphatic heterocycles. The summed E-state index contributed by atoms with van der Waals surface area (Å²) in [6, 6.07) is 38.1. The van der Waals surface area contributed by atoms with E-state index in [0.717, 1.165) is 55.0 Å². The maximum atomic E-state index is 14.0. The van der Waals surface area contributed by atoms with Gasteiger partial charge in [0.05, 0.1) is 25.9 Å². The summed E-state index contributed by atoms with van der Waals surface area (Å²) in [6.07, 6.45) is 0.477. The molecule has 6 heteroatoms. The molecular formula is C38H43FN2O3. The Morgan fingerprint density at radius 1 is 0.659 bits per heavy atom. The Morgan fingerprint density at radius 3 is 1.82 bits per heavy atom. The zero-order valence-electron chi connectivity index (χ0n) is 25.5. The Bertz CT molecular complexity index is 1420. The Balaban J connectivity index is 1.21. The van der Waals surface area contributed by atoms with E-state index in [1.165, 1.54) is 6.07 Å². The number of piperidine rings is 1. The van der Waals surface area contributed by atoms with Gasteiger partial charge in [0.2, 0.25) is 0 Å². The largest absolute Gasteiger partial charge is 0.371 e. The Morgan fingerprint density at radius 2 is 1.23 bits per heavy atom. The summed E-state index contributed by atoms with van der Waals surface area (Å²) >= 11 is 0. The van der Waals surface area contributed by atoms with Crippen LogP contribution in [0, 0.1) is 11.7 Å². The highest BCUT2D eigenvalue weighted by Gasteiger charge is 2.45. The van der Waals surface area contributed by atoms with Crippen LogP contribution in [0.4, 0.5) is 10.1 Å². The summed E-state index contributed by atoms with van der Waals surface area (Å²) in [5, 5.41) is 0. The zero-order chi connectivity index (χ0) is 30.1. The fourth-order valence-corrected chi connectivity index (χ4v) is 6.55. The molecule has 5 nitrogen and oxygen atoms in total. The fraction of sp³-hybridized carbons (Fsp3) is 0.368. The molecule has 5 atom stereocenters. The van der Waals surface area contributed by atoms with Gasteiger partial charge in [0, 0.05) is 37.9 Å². The van der Waals surface area contributed by atoms with Crippen molar-refractivity contribution in [2.45, 2.75) is 57.5 Å².